The number of carboxylic acids is 1. The van der Waals surface area contributed by atoms with Gasteiger partial charge in [0.1, 0.15) is 0 Å². The van der Waals surface area contributed by atoms with Crippen LogP contribution in [0.3, 0.4) is 0 Å². The molecule has 1 heterocycles. The van der Waals surface area contributed by atoms with E-state index in [1.54, 1.807) is 11.5 Å². The van der Waals surface area contributed by atoms with Gasteiger partial charge in [-0.25, -0.2) is 4.79 Å². The Morgan fingerprint density at radius 3 is 2.74 bits per heavy atom. The van der Waals surface area contributed by atoms with Crippen LogP contribution >= 0.6 is 0 Å². The lowest BCUT2D eigenvalue weighted by Gasteiger charge is -2.14. The standard InChI is InChI=1S/C14H20N2O3/c1-4-5-10-6-12(10)16-9(3)11(7-13(17)18)8(2)15-14(16)19/h10,12H,4-7H2,1-3H3,(H,17,18). The molecule has 0 spiro atoms. The smallest absolute Gasteiger partial charge is 0.348 e. The summed E-state index contributed by atoms with van der Waals surface area (Å²) in [6, 6.07) is 0.216. The summed E-state index contributed by atoms with van der Waals surface area (Å²) in [5.41, 5.74) is 1.74. The topological polar surface area (TPSA) is 72.2 Å². The van der Waals surface area contributed by atoms with Gasteiger partial charge >= 0.3 is 11.7 Å². The number of rotatable bonds is 5. The van der Waals surface area contributed by atoms with Crippen molar-refractivity contribution in [2.75, 3.05) is 0 Å². The summed E-state index contributed by atoms with van der Waals surface area (Å²) in [5, 5.41) is 8.95. The number of aryl methyl sites for hydroxylation is 1. The Morgan fingerprint density at radius 1 is 1.47 bits per heavy atom. The van der Waals surface area contributed by atoms with E-state index in [1.165, 1.54) is 0 Å². The second-order valence-electron chi connectivity index (χ2n) is 5.34. The third kappa shape index (κ3) is 2.69. The van der Waals surface area contributed by atoms with Gasteiger partial charge in [0, 0.05) is 23.0 Å². The molecule has 1 fully saturated rings. The Labute approximate surface area is 112 Å². The second-order valence-corrected chi connectivity index (χ2v) is 5.34. The van der Waals surface area contributed by atoms with Crippen molar-refractivity contribution in [1.29, 1.82) is 0 Å². The number of aromatic nitrogens is 2. The molecule has 0 radical (unpaired) electrons. The Balaban J connectivity index is 2.39. The highest BCUT2D eigenvalue weighted by Crippen LogP contribution is 2.46. The predicted octanol–water partition coefficient (Wildman–Crippen LogP) is 1.85. The van der Waals surface area contributed by atoms with Gasteiger partial charge in [0.15, 0.2) is 0 Å². The quantitative estimate of drug-likeness (QED) is 0.881. The van der Waals surface area contributed by atoms with Crippen LogP contribution in [0.15, 0.2) is 4.79 Å². The van der Waals surface area contributed by atoms with Gasteiger partial charge in [-0.3, -0.25) is 9.36 Å². The van der Waals surface area contributed by atoms with E-state index in [1.807, 2.05) is 6.92 Å². The molecule has 5 nitrogen and oxygen atoms in total. The molecule has 5 heteroatoms. The monoisotopic (exact) mass is 264 g/mol. The fourth-order valence-electron chi connectivity index (χ4n) is 2.84. The highest BCUT2D eigenvalue weighted by Gasteiger charge is 2.39. The third-order valence-electron chi connectivity index (χ3n) is 3.91. The van der Waals surface area contributed by atoms with Crippen LogP contribution in [-0.4, -0.2) is 20.6 Å². The molecule has 1 aromatic rings. The zero-order valence-corrected chi connectivity index (χ0v) is 11.6. The van der Waals surface area contributed by atoms with E-state index in [-0.39, 0.29) is 18.2 Å². The first kappa shape index (κ1) is 13.8. The van der Waals surface area contributed by atoms with Gasteiger partial charge in [0.05, 0.1) is 6.42 Å². The molecule has 2 unspecified atom stereocenters. The Morgan fingerprint density at radius 2 is 2.16 bits per heavy atom. The molecule has 2 rings (SSSR count). The van der Waals surface area contributed by atoms with E-state index >= 15 is 0 Å². The molecule has 1 aliphatic carbocycles. The number of hydrogen-bond donors (Lipinski definition) is 1. The van der Waals surface area contributed by atoms with Crippen LogP contribution in [0.5, 0.6) is 0 Å². The summed E-state index contributed by atoms with van der Waals surface area (Å²) < 4.78 is 1.70. The lowest BCUT2D eigenvalue weighted by Crippen LogP contribution is -2.28. The molecule has 2 atom stereocenters. The highest BCUT2D eigenvalue weighted by atomic mass is 16.4. The maximum atomic E-state index is 12.0. The minimum atomic E-state index is -0.890. The molecule has 0 aromatic carbocycles. The summed E-state index contributed by atoms with van der Waals surface area (Å²) in [6.07, 6.45) is 3.15. The van der Waals surface area contributed by atoms with Crippen LogP contribution in [0.25, 0.3) is 0 Å². The largest absolute Gasteiger partial charge is 0.481 e. The van der Waals surface area contributed by atoms with E-state index in [9.17, 15) is 9.59 Å². The first-order valence-corrected chi connectivity index (χ1v) is 6.76. The molecular weight excluding hydrogens is 244 g/mol. The summed E-state index contributed by atoms with van der Waals surface area (Å²) in [4.78, 5) is 26.9. The van der Waals surface area contributed by atoms with Gasteiger partial charge in [-0.1, -0.05) is 13.3 Å². The Hall–Kier alpha value is -1.65. The van der Waals surface area contributed by atoms with Gasteiger partial charge in [0.25, 0.3) is 0 Å². The van der Waals surface area contributed by atoms with Crippen LogP contribution in [0.4, 0.5) is 0 Å². The van der Waals surface area contributed by atoms with Crippen LogP contribution in [0.2, 0.25) is 0 Å². The van der Waals surface area contributed by atoms with E-state index in [0.29, 0.717) is 17.2 Å². The second kappa shape index (κ2) is 5.15. The molecule has 1 saturated carbocycles. The van der Waals surface area contributed by atoms with Crippen LogP contribution < -0.4 is 5.69 Å². The summed E-state index contributed by atoms with van der Waals surface area (Å²) in [7, 11) is 0. The fourth-order valence-corrected chi connectivity index (χ4v) is 2.84. The normalized spacial score (nSPS) is 21.4. The lowest BCUT2D eigenvalue weighted by molar-refractivity contribution is -0.136. The van der Waals surface area contributed by atoms with Crippen molar-refractivity contribution in [3.8, 4) is 0 Å². The number of hydrogen-bond acceptors (Lipinski definition) is 3. The summed E-state index contributed by atoms with van der Waals surface area (Å²) in [5.74, 6) is -0.345. The zero-order valence-electron chi connectivity index (χ0n) is 11.6. The predicted molar refractivity (Wildman–Crippen MR) is 71.4 cm³/mol. The maximum Gasteiger partial charge on any atom is 0.348 e. The molecule has 19 heavy (non-hydrogen) atoms. The summed E-state index contributed by atoms with van der Waals surface area (Å²) >= 11 is 0. The van der Waals surface area contributed by atoms with E-state index in [4.69, 9.17) is 5.11 Å². The lowest BCUT2D eigenvalue weighted by atomic mass is 10.1. The SMILES string of the molecule is CCCC1CC1n1c(C)c(CC(=O)O)c(C)nc1=O. The molecule has 104 valence electrons. The first-order chi connectivity index (χ1) is 8.95. The van der Waals surface area contributed by atoms with Crippen molar-refractivity contribution in [1.82, 2.24) is 9.55 Å². The van der Waals surface area contributed by atoms with E-state index in [0.717, 1.165) is 25.0 Å². The van der Waals surface area contributed by atoms with Gasteiger partial charge in [0.2, 0.25) is 0 Å². The van der Waals surface area contributed by atoms with Crippen molar-refractivity contribution < 1.29 is 9.90 Å². The molecule has 1 aromatic heterocycles. The number of carboxylic acid groups (broad SMARTS) is 1. The molecule has 1 aliphatic rings. The highest BCUT2D eigenvalue weighted by molar-refractivity contribution is 5.70. The minimum Gasteiger partial charge on any atom is -0.481 e. The first-order valence-electron chi connectivity index (χ1n) is 6.76. The van der Waals surface area contributed by atoms with Crippen molar-refractivity contribution in [3.05, 3.63) is 27.4 Å². The molecule has 0 bridgehead atoms. The average molecular weight is 264 g/mol. The number of aliphatic carboxylic acids is 1. The Kier molecular flexibility index (Phi) is 3.73. The third-order valence-corrected chi connectivity index (χ3v) is 3.91. The minimum absolute atomic E-state index is 0.0733. The number of nitrogens with zero attached hydrogens (tertiary/aromatic N) is 2. The average Bonchev–Trinajstić information content (AvgIpc) is 3.03. The van der Waals surface area contributed by atoms with Crippen molar-refractivity contribution in [2.45, 2.75) is 52.5 Å². The van der Waals surface area contributed by atoms with Crippen LogP contribution in [0.1, 0.15) is 49.2 Å². The summed E-state index contributed by atoms with van der Waals surface area (Å²) in [6.45, 7) is 5.66. The molecule has 1 N–H and O–H groups in total. The molecule has 0 aliphatic heterocycles. The van der Waals surface area contributed by atoms with Gasteiger partial charge in [-0.15, -0.1) is 0 Å². The van der Waals surface area contributed by atoms with Crippen LogP contribution in [0, 0.1) is 19.8 Å². The fraction of sp³-hybridized carbons (Fsp3) is 0.643. The van der Waals surface area contributed by atoms with Gasteiger partial charge in [-0.05, 0) is 32.6 Å². The molecule has 0 saturated heterocycles. The zero-order chi connectivity index (χ0) is 14.2. The van der Waals surface area contributed by atoms with Crippen LogP contribution in [-0.2, 0) is 11.2 Å². The maximum absolute atomic E-state index is 12.0. The van der Waals surface area contributed by atoms with E-state index < -0.39 is 5.97 Å². The van der Waals surface area contributed by atoms with Crippen molar-refractivity contribution in [2.24, 2.45) is 5.92 Å². The van der Waals surface area contributed by atoms with Crippen molar-refractivity contribution >= 4 is 5.97 Å². The Bertz CT molecular complexity index is 563. The van der Waals surface area contributed by atoms with Crippen molar-refractivity contribution in [3.63, 3.8) is 0 Å². The van der Waals surface area contributed by atoms with Gasteiger partial charge in [-0.2, -0.15) is 4.98 Å². The van der Waals surface area contributed by atoms with Gasteiger partial charge < -0.3 is 5.11 Å². The number of carbonyl (C=O) groups is 1. The molecular formula is C14H20N2O3. The molecule has 0 amide bonds. The van der Waals surface area contributed by atoms with E-state index in [2.05, 4.69) is 11.9 Å².